The highest BCUT2D eigenvalue weighted by atomic mass is 16.3. The van der Waals surface area contributed by atoms with Gasteiger partial charge in [0.2, 0.25) is 5.75 Å². The van der Waals surface area contributed by atoms with E-state index in [0.29, 0.717) is 11.0 Å². The van der Waals surface area contributed by atoms with Crippen LogP contribution in [0.2, 0.25) is 0 Å². The van der Waals surface area contributed by atoms with Gasteiger partial charge in [0.25, 0.3) is 10.8 Å². The Morgan fingerprint density at radius 1 is 0.857 bits per heavy atom. The van der Waals surface area contributed by atoms with Crippen LogP contribution in [0.25, 0.3) is 0 Å². The maximum atomic E-state index is 12.8. The molecule has 6 heteroatoms. The van der Waals surface area contributed by atoms with Crippen molar-refractivity contribution in [2.75, 3.05) is 5.32 Å². The van der Waals surface area contributed by atoms with E-state index in [1.165, 1.54) is 0 Å². The highest BCUT2D eigenvalue weighted by Crippen LogP contribution is 2.31. The SMILES string of the molecule is CC1(C)CC(Nc2c(O)c(=[NH+]C3CC(C)(C)NC(C)(C)C3)c2=O)CC(C)(C)N1. The second kappa shape index (κ2) is 6.56. The van der Waals surface area contributed by atoms with Crippen molar-refractivity contribution in [3.8, 4) is 5.75 Å². The van der Waals surface area contributed by atoms with Gasteiger partial charge in [0.05, 0.1) is 0 Å². The topological polar surface area (TPSA) is 87.4 Å². The maximum absolute atomic E-state index is 12.8. The monoisotopic (exact) mass is 391 g/mol. The molecule has 28 heavy (non-hydrogen) atoms. The third-order valence-electron chi connectivity index (χ3n) is 6.01. The van der Waals surface area contributed by atoms with Crippen LogP contribution in [-0.4, -0.2) is 39.3 Å². The average molecular weight is 392 g/mol. The molecule has 2 heterocycles. The van der Waals surface area contributed by atoms with Gasteiger partial charge in [-0.2, -0.15) is 0 Å². The Morgan fingerprint density at radius 3 is 1.71 bits per heavy atom. The van der Waals surface area contributed by atoms with Crippen molar-refractivity contribution < 1.29 is 10.1 Å². The Bertz CT molecular complexity index is 796. The molecule has 2 fully saturated rings. The fourth-order valence-corrected chi connectivity index (χ4v) is 5.93. The van der Waals surface area contributed by atoms with Crippen molar-refractivity contribution in [3.63, 3.8) is 0 Å². The third kappa shape index (κ3) is 4.60. The molecule has 5 N–H and O–H groups in total. The van der Waals surface area contributed by atoms with Crippen LogP contribution < -0.4 is 31.7 Å². The Labute approximate surface area is 168 Å². The molecule has 0 saturated carbocycles. The predicted octanol–water partition coefficient (Wildman–Crippen LogP) is 0.640. The lowest BCUT2D eigenvalue weighted by Gasteiger charge is -2.46. The van der Waals surface area contributed by atoms with E-state index in [-0.39, 0.29) is 45.4 Å². The molecule has 0 radical (unpaired) electrons. The normalized spacial score (nSPS) is 27.8. The van der Waals surface area contributed by atoms with Crippen molar-refractivity contribution in [1.82, 2.24) is 10.6 Å². The molecular weight excluding hydrogens is 352 g/mol. The molecular formula is C22H39N4O2+. The van der Waals surface area contributed by atoms with Crippen molar-refractivity contribution in [2.24, 2.45) is 0 Å². The number of nitrogens with one attached hydrogen (secondary N) is 4. The summed E-state index contributed by atoms with van der Waals surface area (Å²) >= 11 is 0. The van der Waals surface area contributed by atoms with Crippen LogP contribution in [0, 0.1) is 0 Å². The molecule has 2 aliphatic rings. The van der Waals surface area contributed by atoms with Gasteiger partial charge in [-0.25, -0.2) is 4.99 Å². The van der Waals surface area contributed by atoms with Crippen LogP contribution in [-0.2, 0) is 0 Å². The molecule has 0 bridgehead atoms. The summed E-state index contributed by atoms with van der Waals surface area (Å²) in [5.74, 6) is 0.0910. The summed E-state index contributed by atoms with van der Waals surface area (Å²) in [6.45, 7) is 17.4. The molecule has 0 aliphatic carbocycles. The zero-order valence-corrected chi connectivity index (χ0v) is 18.8. The Kier molecular flexibility index (Phi) is 4.99. The average Bonchev–Trinajstić information content (AvgIpc) is 2.43. The van der Waals surface area contributed by atoms with Gasteiger partial charge < -0.3 is 21.1 Å². The van der Waals surface area contributed by atoms with E-state index in [4.69, 9.17) is 0 Å². The minimum atomic E-state index is -0.0965. The molecule has 0 spiro atoms. The smallest absolute Gasteiger partial charge is 0.293 e. The lowest BCUT2D eigenvalue weighted by Crippen LogP contribution is -2.89. The highest BCUT2D eigenvalue weighted by molar-refractivity contribution is 5.60. The first-order valence-corrected chi connectivity index (χ1v) is 10.6. The molecule has 0 aromatic heterocycles. The van der Waals surface area contributed by atoms with Crippen LogP contribution >= 0.6 is 0 Å². The summed E-state index contributed by atoms with van der Waals surface area (Å²) in [6.07, 6.45) is 3.61. The molecule has 0 amide bonds. The Balaban J connectivity index is 1.79. The zero-order valence-electron chi connectivity index (χ0n) is 18.8. The number of hydrogen-bond acceptors (Lipinski definition) is 5. The van der Waals surface area contributed by atoms with Crippen molar-refractivity contribution in [2.45, 2.75) is 115 Å². The van der Waals surface area contributed by atoms with E-state index in [2.05, 4.69) is 76.3 Å². The minimum absolute atomic E-state index is 0.0144. The fraction of sp³-hybridized carbons (Fsp3) is 0.818. The molecule has 0 unspecified atom stereocenters. The van der Waals surface area contributed by atoms with Crippen LogP contribution in [0.5, 0.6) is 5.75 Å². The number of hydrogen-bond donors (Lipinski definition) is 5. The van der Waals surface area contributed by atoms with Gasteiger partial charge >= 0.3 is 0 Å². The summed E-state index contributed by atoms with van der Waals surface area (Å²) in [4.78, 5) is 16.1. The highest BCUT2D eigenvalue weighted by Gasteiger charge is 2.42. The lowest BCUT2D eigenvalue weighted by molar-refractivity contribution is -0.553. The summed E-state index contributed by atoms with van der Waals surface area (Å²) in [5.41, 5.74) is 0.215. The van der Waals surface area contributed by atoms with Crippen LogP contribution in [0.3, 0.4) is 0 Å². The second-order valence-electron chi connectivity index (χ2n) is 11.7. The zero-order chi connectivity index (χ0) is 21.1. The quantitative estimate of drug-likeness (QED) is 0.522. The van der Waals surface area contributed by atoms with Crippen LogP contribution in [0.4, 0.5) is 5.69 Å². The second-order valence-corrected chi connectivity index (χ2v) is 11.7. The first-order valence-electron chi connectivity index (χ1n) is 10.6. The largest absolute Gasteiger partial charge is 0.501 e. The van der Waals surface area contributed by atoms with Gasteiger partial charge in [0.15, 0.2) is 6.04 Å². The van der Waals surface area contributed by atoms with Crippen molar-refractivity contribution in [1.29, 1.82) is 0 Å². The third-order valence-corrected chi connectivity index (χ3v) is 6.01. The lowest BCUT2D eigenvalue weighted by atomic mass is 9.79. The Morgan fingerprint density at radius 2 is 1.29 bits per heavy atom. The van der Waals surface area contributed by atoms with E-state index >= 15 is 0 Å². The molecule has 2 aliphatic heterocycles. The molecule has 1 aromatic carbocycles. The summed E-state index contributed by atoms with van der Waals surface area (Å²) in [7, 11) is 0. The van der Waals surface area contributed by atoms with Gasteiger partial charge in [0, 0.05) is 41.0 Å². The molecule has 3 rings (SSSR count). The van der Waals surface area contributed by atoms with E-state index in [9.17, 15) is 9.90 Å². The first kappa shape index (κ1) is 21.3. The first-order chi connectivity index (χ1) is 12.6. The van der Waals surface area contributed by atoms with Gasteiger partial charge in [-0.3, -0.25) is 4.79 Å². The standard InChI is InChI=1S/C22H38N4O2/c1-19(2)9-13(10-20(3,4)25-19)23-15-17(27)16(18(15)28)24-14-11-21(5,6)26-22(7,8)12-14/h13-14,23,25-27H,9-12H2,1-8H3/p+1. The molecule has 1 aromatic rings. The van der Waals surface area contributed by atoms with E-state index in [1.807, 2.05) is 0 Å². The van der Waals surface area contributed by atoms with E-state index in [0.717, 1.165) is 25.7 Å². The van der Waals surface area contributed by atoms with Gasteiger partial charge in [-0.15, -0.1) is 0 Å². The van der Waals surface area contributed by atoms with Gasteiger partial charge in [-0.05, 0) is 68.2 Å². The molecule has 6 nitrogen and oxygen atoms in total. The summed E-state index contributed by atoms with van der Waals surface area (Å²) in [6, 6.07) is 0.316. The van der Waals surface area contributed by atoms with Crippen LogP contribution in [0.1, 0.15) is 81.1 Å². The van der Waals surface area contributed by atoms with Crippen LogP contribution in [0.15, 0.2) is 4.79 Å². The summed E-state index contributed by atoms with van der Waals surface area (Å²) < 4.78 is 0. The van der Waals surface area contributed by atoms with E-state index < -0.39 is 0 Å². The van der Waals surface area contributed by atoms with Gasteiger partial charge in [-0.1, -0.05) is 0 Å². The van der Waals surface area contributed by atoms with E-state index in [1.54, 1.807) is 0 Å². The van der Waals surface area contributed by atoms with Gasteiger partial charge in [0.1, 0.15) is 5.69 Å². The number of aromatic hydroxyl groups is 1. The van der Waals surface area contributed by atoms with Crippen molar-refractivity contribution in [3.05, 3.63) is 15.6 Å². The number of anilines is 1. The molecule has 2 saturated heterocycles. The number of rotatable bonds is 3. The molecule has 0 atom stereocenters. The molecule has 158 valence electrons. The maximum Gasteiger partial charge on any atom is 0.293 e. The fourth-order valence-electron chi connectivity index (χ4n) is 5.93. The predicted molar refractivity (Wildman–Crippen MR) is 113 cm³/mol. The Hall–Kier alpha value is -1.40. The summed E-state index contributed by atoms with van der Waals surface area (Å²) in [5, 5.41) is 21.6. The van der Waals surface area contributed by atoms with Crippen molar-refractivity contribution >= 4 is 5.69 Å². The number of piperidine rings is 2. The minimum Gasteiger partial charge on any atom is -0.501 e.